The Hall–Kier alpha value is -1.59. The van der Waals surface area contributed by atoms with E-state index in [1.54, 1.807) is 0 Å². The van der Waals surface area contributed by atoms with Crippen molar-refractivity contribution in [3.05, 3.63) is 30.3 Å². The van der Waals surface area contributed by atoms with Gasteiger partial charge in [0.05, 0.1) is 25.7 Å². The smallest absolute Gasteiger partial charge is 0.227 e. The standard InChI is InChI=1S/C19H28N2O3/c22-19(21-11-14-23-15-12-21)17-6-4-9-20(16-17)10-5-13-24-18-7-2-1-3-8-18/h1-3,7-8,17H,4-6,9-16H2. The highest BCUT2D eigenvalue weighted by atomic mass is 16.5. The van der Waals surface area contributed by atoms with Gasteiger partial charge in [0.1, 0.15) is 5.75 Å². The molecule has 0 aromatic heterocycles. The van der Waals surface area contributed by atoms with Gasteiger partial charge in [0.25, 0.3) is 0 Å². The summed E-state index contributed by atoms with van der Waals surface area (Å²) in [4.78, 5) is 17.0. The molecule has 2 aliphatic rings. The number of hydrogen-bond donors (Lipinski definition) is 0. The van der Waals surface area contributed by atoms with Crippen molar-refractivity contribution in [2.24, 2.45) is 5.92 Å². The summed E-state index contributed by atoms with van der Waals surface area (Å²) in [5.41, 5.74) is 0. The summed E-state index contributed by atoms with van der Waals surface area (Å²) in [5.74, 6) is 1.41. The van der Waals surface area contributed by atoms with E-state index in [4.69, 9.17) is 9.47 Å². The SMILES string of the molecule is O=C(C1CCCN(CCCOc2ccccc2)C1)N1CCOCC1. The van der Waals surface area contributed by atoms with Crippen molar-refractivity contribution in [2.45, 2.75) is 19.3 Å². The predicted molar refractivity (Wildman–Crippen MR) is 93.1 cm³/mol. The topological polar surface area (TPSA) is 42.0 Å². The zero-order valence-electron chi connectivity index (χ0n) is 14.4. The summed E-state index contributed by atoms with van der Waals surface area (Å²) in [6, 6.07) is 9.94. The maximum atomic E-state index is 12.6. The molecule has 2 aliphatic heterocycles. The van der Waals surface area contributed by atoms with Crippen LogP contribution >= 0.6 is 0 Å². The molecule has 1 amide bonds. The number of para-hydroxylation sites is 1. The van der Waals surface area contributed by atoms with Gasteiger partial charge in [-0.1, -0.05) is 18.2 Å². The third-order valence-corrected chi connectivity index (χ3v) is 4.81. The molecule has 2 heterocycles. The molecule has 5 heteroatoms. The number of piperidine rings is 1. The molecular formula is C19H28N2O3. The van der Waals surface area contributed by atoms with Crippen molar-refractivity contribution >= 4 is 5.91 Å². The van der Waals surface area contributed by atoms with E-state index in [2.05, 4.69) is 4.90 Å². The fourth-order valence-corrected chi connectivity index (χ4v) is 3.50. The van der Waals surface area contributed by atoms with Crippen LogP contribution in [0.1, 0.15) is 19.3 Å². The van der Waals surface area contributed by atoms with Crippen LogP contribution in [-0.4, -0.2) is 68.3 Å². The molecule has 0 saturated carbocycles. The largest absolute Gasteiger partial charge is 0.494 e. The summed E-state index contributed by atoms with van der Waals surface area (Å²) in [7, 11) is 0. The minimum Gasteiger partial charge on any atom is -0.494 e. The highest BCUT2D eigenvalue weighted by molar-refractivity contribution is 5.79. The Kier molecular flexibility index (Phi) is 6.49. The molecule has 1 atom stereocenters. The van der Waals surface area contributed by atoms with E-state index in [1.807, 2.05) is 35.2 Å². The van der Waals surface area contributed by atoms with Gasteiger partial charge in [0, 0.05) is 26.2 Å². The second kappa shape index (κ2) is 9.04. The van der Waals surface area contributed by atoms with Gasteiger partial charge in [-0.2, -0.15) is 0 Å². The maximum absolute atomic E-state index is 12.6. The first kappa shape index (κ1) is 17.2. The molecular weight excluding hydrogens is 304 g/mol. The number of nitrogens with zero attached hydrogens (tertiary/aromatic N) is 2. The van der Waals surface area contributed by atoms with E-state index in [-0.39, 0.29) is 5.92 Å². The molecule has 0 bridgehead atoms. The molecule has 1 unspecified atom stereocenters. The number of amides is 1. The molecule has 5 nitrogen and oxygen atoms in total. The van der Waals surface area contributed by atoms with Crippen LogP contribution in [0.5, 0.6) is 5.75 Å². The van der Waals surface area contributed by atoms with Crippen LogP contribution in [0.2, 0.25) is 0 Å². The van der Waals surface area contributed by atoms with Crippen molar-refractivity contribution < 1.29 is 14.3 Å². The number of benzene rings is 1. The molecule has 1 aromatic rings. The number of rotatable bonds is 6. The van der Waals surface area contributed by atoms with Crippen molar-refractivity contribution in [1.29, 1.82) is 0 Å². The molecule has 1 aromatic carbocycles. The third kappa shape index (κ3) is 4.95. The Labute approximate surface area is 144 Å². The lowest BCUT2D eigenvalue weighted by molar-refractivity contribution is -0.141. The first-order chi connectivity index (χ1) is 11.8. The van der Waals surface area contributed by atoms with E-state index < -0.39 is 0 Å². The number of carbonyl (C=O) groups excluding carboxylic acids is 1. The highest BCUT2D eigenvalue weighted by Crippen LogP contribution is 2.20. The van der Waals surface area contributed by atoms with Crippen LogP contribution in [0.25, 0.3) is 0 Å². The van der Waals surface area contributed by atoms with Crippen molar-refractivity contribution in [2.75, 3.05) is 52.5 Å². The van der Waals surface area contributed by atoms with Crippen molar-refractivity contribution in [1.82, 2.24) is 9.80 Å². The molecule has 24 heavy (non-hydrogen) atoms. The van der Waals surface area contributed by atoms with Crippen molar-refractivity contribution in [3.63, 3.8) is 0 Å². The number of hydrogen-bond acceptors (Lipinski definition) is 4. The Balaban J connectivity index is 1.38. The van der Waals surface area contributed by atoms with Crippen LogP contribution in [-0.2, 0) is 9.53 Å². The van der Waals surface area contributed by atoms with E-state index >= 15 is 0 Å². The van der Waals surface area contributed by atoms with E-state index in [0.29, 0.717) is 19.1 Å². The first-order valence-corrected chi connectivity index (χ1v) is 9.09. The quantitative estimate of drug-likeness (QED) is 0.748. The van der Waals surface area contributed by atoms with Gasteiger partial charge >= 0.3 is 0 Å². The summed E-state index contributed by atoms with van der Waals surface area (Å²) in [6.07, 6.45) is 3.13. The van der Waals surface area contributed by atoms with Crippen LogP contribution < -0.4 is 4.74 Å². The van der Waals surface area contributed by atoms with Gasteiger partial charge in [0.2, 0.25) is 5.91 Å². The lowest BCUT2D eigenvalue weighted by atomic mass is 9.96. The molecule has 132 valence electrons. The summed E-state index contributed by atoms with van der Waals surface area (Å²) in [5, 5.41) is 0. The minimum atomic E-state index is 0.159. The van der Waals surface area contributed by atoms with Gasteiger partial charge in [-0.05, 0) is 37.9 Å². The number of morpholine rings is 1. The van der Waals surface area contributed by atoms with Crippen LogP contribution in [0.3, 0.4) is 0 Å². The summed E-state index contributed by atoms with van der Waals surface area (Å²) < 4.78 is 11.1. The average molecular weight is 332 g/mol. The van der Waals surface area contributed by atoms with E-state index in [0.717, 1.165) is 64.3 Å². The van der Waals surface area contributed by atoms with Crippen molar-refractivity contribution in [3.8, 4) is 5.75 Å². The van der Waals surface area contributed by atoms with Gasteiger partial charge in [-0.25, -0.2) is 0 Å². The fourth-order valence-electron chi connectivity index (χ4n) is 3.50. The third-order valence-electron chi connectivity index (χ3n) is 4.81. The second-order valence-electron chi connectivity index (χ2n) is 6.59. The molecule has 0 spiro atoms. The Morgan fingerprint density at radius 3 is 2.75 bits per heavy atom. The van der Waals surface area contributed by atoms with E-state index in [1.165, 1.54) is 0 Å². The Morgan fingerprint density at radius 2 is 1.96 bits per heavy atom. The molecule has 0 aliphatic carbocycles. The maximum Gasteiger partial charge on any atom is 0.227 e. The zero-order chi connectivity index (χ0) is 16.6. The molecule has 0 radical (unpaired) electrons. The molecule has 0 N–H and O–H groups in total. The summed E-state index contributed by atoms with van der Waals surface area (Å²) >= 11 is 0. The second-order valence-corrected chi connectivity index (χ2v) is 6.59. The Morgan fingerprint density at radius 1 is 1.17 bits per heavy atom. The summed E-state index contributed by atoms with van der Waals surface area (Å²) in [6.45, 7) is 6.57. The number of ether oxygens (including phenoxy) is 2. The molecule has 3 rings (SSSR count). The predicted octanol–water partition coefficient (Wildman–Crippen LogP) is 2.03. The fraction of sp³-hybridized carbons (Fsp3) is 0.632. The van der Waals surface area contributed by atoms with Gasteiger partial charge in [-0.15, -0.1) is 0 Å². The van der Waals surface area contributed by atoms with Gasteiger partial charge in [0.15, 0.2) is 0 Å². The first-order valence-electron chi connectivity index (χ1n) is 9.09. The number of likely N-dealkylation sites (tertiary alicyclic amines) is 1. The monoisotopic (exact) mass is 332 g/mol. The van der Waals surface area contributed by atoms with Gasteiger partial charge in [-0.3, -0.25) is 4.79 Å². The zero-order valence-corrected chi connectivity index (χ0v) is 14.4. The average Bonchev–Trinajstić information content (AvgIpc) is 2.66. The van der Waals surface area contributed by atoms with Crippen LogP contribution in [0.4, 0.5) is 0 Å². The van der Waals surface area contributed by atoms with Crippen LogP contribution in [0, 0.1) is 5.92 Å². The minimum absolute atomic E-state index is 0.159. The molecule has 2 fully saturated rings. The highest BCUT2D eigenvalue weighted by Gasteiger charge is 2.29. The lowest BCUT2D eigenvalue weighted by Crippen LogP contribution is -2.48. The lowest BCUT2D eigenvalue weighted by Gasteiger charge is -2.36. The number of carbonyl (C=O) groups is 1. The Bertz CT molecular complexity index is 503. The van der Waals surface area contributed by atoms with E-state index in [9.17, 15) is 4.79 Å². The normalized spacial score (nSPS) is 22.3. The molecule has 2 saturated heterocycles. The van der Waals surface area contributed by atoms with Crippen LogP contribution in [0.15, 0.2) is 30.3 Å². The van der Waals surface area contributed by atoms with Gasteiger partial charge < -0.3 is 19.3 Å².